The lowest BCUT2D eigenvalue weighted by Gasteiger charge is -2.12. The van der Waals surface area contributed by atoms with E-state index in [1.165, 1.54) is 38.4 Å². The van der Waals surface area contributed by atoms with E-state index in [9.17, 15) is 17.2 Å². The molecule has 6 nitrogen and oxygen atoms in total. The Morgan fingerprint density at radius 1 is 1.23 bits per heavy atom. The van der Waals surface area contributed by atoms with Crippen LogP contribution in [0.4, 0.5) is 8.78 Å². The average Bonchev–Trinajstić information content (AvgIpc) is 2.97. The van der Waals surface area contributed by atoms with Crippen molar-refractivity contribution < 1.29 is 17.2 Å². The van der Waals surface area contributed by atoms with Gasteiger partial charge in [-0.15, -0.1) is 0 Å². The molecule has 0 aliphatic rings. The number of rotatable bonds is 8. The number of nitrogens with one attached hydrogen (secondary N) is 1. The molecule has 3 aromatic rings. The zero-order valence-electron chi connectivity index (χ0n) is 17.4. The van der Waals surface area contributed by atoms with Gasteiger partial charge in [0.1, 0.15) is 5.83 Å². The molecule has 0 unspecified atom stereocenters. The summed E-state index contributed by atoms with van der Waals surface area (Å²) in [5, 5.41) is 0. The Morgan fingerprint density at radius 2 is 1.90 bits per heavy atom. The minimum absolute atomic E-state index is 0.0335. The van der Waals surface area contributed by atoms with E-state index >= 15 is 0 Å². The van der Waals surface area contributed by atoms with E-state index in [0.29, 0.717) is 17.5 Å². The molecule has 0 fully saturated rings. The standard InChI is InChI=1S/C21H23ClF2N4O2S/c1-14-18(12-15-4-6-17(7-5-15)31(29,30)27(2)3)21-19(8-9-20(24)26-21)28(14)13-16(23)10-11-25-22/h4-10,25H,11-13H2,1-3H3/b16-10-. The molecule has 3 rings (SSSR count). The van der Waals surface area contributed by atoms with Crippen molar-refractivity contribution in [1.82, 2.24) is 18.7 Å². The number of fused-ring (bicyclic) bond motifs is 1. The minimum atomic E-state index is -3.53. The number of pyridine rings is 1. The van der Waals surface area contributed by atoms with Crippen LogP contribution in [0.25, 0.3) is 11.0 Å². The van der Waals surface area contributed by atoms with Gasteiger partial charge in [-0.2, -0.15) is 4.39 Å². The van der Waals surface area contributed by atoms with Crippen LogP contribution in [0.15, 0.2) is 53.2 Å². The number of nitrogens with zero attached hydrogens (tertiary/aromatic N) is 3. The highest BCUT2D eigenvalue weighted by Gasteiger charge is 2.19. The molecule has 10 heteroatoms. The molecule has 2 heterocycles. The van der Waals surface area contributed by atoms with Crippen LogP contribution in [0.1, 0.15) is 16.8 Å². The highest BCUT2D eigenvalue weighted by Crippen LogP contribution is 2.28. The van der Waals surface area contributed by atoms with E-state index in [-0.39, 0.29) is 23.8 Å². The molecule has 0 bridgehead atoms. The first-order valence-corrected chi connectivity index (χ1v) is 11.3. The second-order valence-corrected chi connectivity index (χ2v) is 9.67. The lowest BCUT2D eigenvalue weighted by molar-refractivity contribution is 0.520. The number of aromatic nitrogens is 2. The normalized spacial score (nSPS) is 12.8. The van der Waals surface area contributed by atoms with E-state index in [1.54, 1.807) is 22.8 Å². The molecule has 1 N–H and O–H groups in total. The average molecular weight is 469 g/mol. The summed E-state index contributed by atoms with van der Waals surface area (Å²) in [6, 6.07) is 9.32. The molecule has 0 aliphatic heterocycles. The molecule has 0 aliphatic carbocycles. The number of halogens is 3. The Bertz CT molecular complexity index is 1220. The third kappa shape index (κ3) is 4.95. The Labute approximate surface area is 185 Å². The van der Waals surface area contributed by atoms with Gasteiger partial charge in [0.05, 0.1) is 22.5 Å². The second kappa shape index (κ2) is 9.44. The highest BCUT2D eigenvalue weighted by atomic mass is 35.5. The summed E-state index contributed by atoms with van der Waals surface area (Å²) in [6.07, 6.45) is 1.72. The fraction of sp³-hybridized carbons (Fsp3) is 0.286. The fourth-order valence-electron chi connectivity index (χ4n) is 3.36. The highest BCUT2D eigenvalue weighted by molar-refractivity contribution is 7.89. The summed E-state index contributed by atoms with van der Waals surface area (Å²) in [5.74, 6) is -1.01. The predicted octanol–water partition coefficient (Wildman–Crippen LogP) is 3.92. The van der Waals surface area contributed by atoms with Crippen LogP contribution in [0, 0.1) is 12.9 Å². The first kappa shape index (κ1) is 23.3. The minimum Gasteiger partial charge on any atom is -0.336 e. The third-order valence-corrected chi connectivity index (χ3v) is 7.03. The quantitative estimate of drug-likeness (QED) is 0.402. The van der Waals surface area contributed by atoms with Gasteiger partial charge >= 0.3 is 0 Å². The summed E-state index contributed by atoms with van der Waals surface area (Å²) in [7, 11) is -0.586. The van der Waals surface area contributed by atoms with Gasteiger partial charge < -0.3 is 4.57 Å². The second-order valence-electron chi connectivity index (χ2n) is 7.25. The third-order valence-electron chi connectivity index (χ3n) is 5.05. The van der Waals surface area contributed by atoms with Crippen LogP contribution < -0.4 is 4.84 Å². The number of hydrogen-bond acceptors (Lipinski definition) is 4. The maximum Gasteiger partial charge on any atom is 0.242 e. The maximum atomic E-state index is 14.3. The molecule has 0 saturated carbocycles. The molecule has 0 saturated heterocycles. The maximum absolute atomic E-state index is 14.3. The van der Waals surface area contributed by atoms with Crippen molar-refractivity contribution in [2.24, 2.45) is 0 Å². The molecule has 31 heavy (non-hydrogen) atoms. The van der Waals surface area contributed by atoms with Gasteiger partial charge in [-0.3, -0.25) is 0 Å². The number of allylic oxidation sites excluding steroid dienone is 1. The van der Waals surface area contributed by atoms with Gasteiger partial charge in [-0.1, -0.05) is 12.1 Å². The monoisotopic (exact) mass is 468 g/mol. The van der Waals surface area contributed by atoms with Crippen LogP contribution in [0.3, 0.4) is 0 Å². The fourth-order valence-corrected chi connectivity index (χ4v) is 4.34. The van der Waals surface area contributed by atoms with E-state index in [2.05, 4.69) is 9.82 Å². The Morgan fingerprint density at radius 3 is 2.52 bits per heavy atom. The van der Waals surface area contributed by atoms with Crippen molar-refractivity contribution in [1.29, 1.82) is 0 Å². The summed E-state index contributed by atoms with van der Waals surface area (Å²) in [5.41, 5.74) is 3.39. The van der Waals surface area contributed by atoms with Crippen molar-refractivity contribution in [2.75, 3.05) is 20.6 Å². The van der Waals surface area contributed by atoms with E-state index < -0.39 is 16.0 Å². The van der Waals surface area contributed by atoms with E-state index in [0.717, 1.165) is 21.1 Å². The van der Waals surface area contributed by atoms with Crippen LogP contribution in [0.5, 0.6) is 0 Å². The molecule has 1 aromatic carbocycles. The Hall–Kier alpha value is -2.33. The van der Waals surface area contributed by atoms with Gasteiger partial charge in [0.25, 0.3) is 0 Å². The smallest absolute Gasteiger partial charge is 0.242 e. The number of sulfonamides is 1. The van der Waals surface area contributed by atoms with E-state index in [4.69, 9.17) is 11.8 Å². The number of benzene rings is 1. The van der Waals surface area contributed by atoms with Crippen molar-refractivity contribution in [3.63, 3.8) is 0 Å². The summed E-state index contributed by atoms with van der Waals surface area (Å²) >= 11 is 5.38. The predicted molar refractivity (Wildman–Crippen MR) is 118 cm³/mol. The topological polar surface area (TPSA) is 67.2 Å². The van der Waals surface area contributed by atoms with Crippen LogP contribution in [-0.2, 0) is 23.0 Å². The SMILES string of the molecule is Cc1c(Cc2ccc(S(=O)(=O)N(C)C)cc2)c2nc(F)ccc2n1C/C(F)=C/CNCl. The van der Waals surface area contributed by atoms with Crippen LogP contribution >= 0.6 is 11.8 Å². The summed E-state index contributed by atoms with van der Waals surface area (Å²) in [6.45, 7) is 1.97. The molecule has 0 spiro atoms. The molecular weight excluding hydrogens is 446 g/mol. The zero-order valence-corrected chi connectivity index (χ0v) is 18.9. The first-order valence-electron chi connectivity index (χ1n) is 9.49. The van der Waals surface area contributed by atoms with Crippen molar-refractivity contribution in [3.8, 4) is 0 Å². The molecule has 0 radical (unpaired) electrons. The Kier molecular flexibility index (Phi) is 7.10. The lowest BCUT2D eigenvalue weighted by Crippen LogP contribution is -2.22. The van der Waals surface area contributed by atoms with Crippen molar-refractivity contribution in [3.05, 3.63) is 71.1 Å². The number of hydrogen-bond donors (Lipinski definition) is 1. The van der Waals surface area contributed by atoms with Crippen molar-refractivity contribution in [2.45, 2.75) is 24.8 Å². The van der Waals surface area contributed by atoms with Gasteiger partial charge in [0.15, 0.2) is 0 Å². The van der Waals surface area contributed by atoms with Crippen molar-refractivity contribution >= 4 is 32.8 Å². The largest absolute Gasteiger partial charge is 0.336 e. The lowest BCUT2D eigenvalue weighted by atomic mass is 10.0. The van der Waals surface area contributed by atoms with E-state index in [1.807, 2.05) is 6.92 Å². The molecule has 166 valence electrons. The molecule has 2 aromatic heterocycles. The van der Waals surface area contributed by atoms with Gasteiger partial charge in [-0.05, 0) is 54.6 Å². The van der Waals surface area contributed by atoms with Crippen LogP contribution in [0.2, 0.25) is 0 Å². The zero-order chi connectivity index (χ0) is 22.8. The Balaban J connectivity index is 2.01. The molecule has 0 atom stereocenters. The van der Waals surface area contributed by atoms with Gasteiger partial charge in [0.2, 0.25) is 16.0 Å². The van der Waals surface area contributed by atoms with Gasteiger partial charge in [0, 0.05) is 38.3 Å². The first-order chi connectivity index (χ1) is 14.6. The molecular formula is C21H23ClF2N4O2S. The summed E-state index contributed by atoms with van der Waals surface area (Å²) < 4.78 is 55.6. The van der Waals surface area contributed by atoms with Crippen LogP contribution in [-0.4, -0.2) is 42.9 Å². The molecule has 0 amide bonds. The summed E-state index contributed by atoms with van der Waals surface area (Å²) in [4.78, 5) is 6.56. The van der Waals surface area contributed by atoms with Gasteiger partial charge in [-0.25, -0.2) is 26.9 Å².